The maximum absolute atomic E-state index is 13.3. The number of nitrogens with zero attached hydrogens (tertiary/aromatic N) is 2. The Balaban J connectivity index is 2.02. The molecule has 0 saturated carbocycles. The van der Waals surface area contributed by atoms with Gasteiger partial charge in [0, 0.05) is 6.20 Å². The van der Waals surface area contributed by atoms with E-state index < -0.39 is 6.04 Å². The van der Waals surface area contributed by atoms with Crippen LogP contribution >= 0.6 is 0 Å². The smallest absolute Gasteiger partial charge is 0.123 e. The molecule has 2 aromatic carbocycles. The fourth-order valence-corrected chi connectivity index (χ4v) is 2.20. The van der Waals surface area contributed by atoms with Crippen LogP contribution in [0.2, 0.25) is 0 Å². The van der Waals surface area contributed by atoms with Gasteiger partial charge < -0.3 is 5.73 Å². The Labute approximate surface area is 116 Å². The van der Waals surface area contributed by atoms with Gasteiger partial charge in [-0.25, -0.2) is 9.07 Å². The van der Waals surface area contributed by atoms with Crippen LogP contribution in [0.5, 0.6) is 0 Å². The molecule has 1 aromatic heterocycles. The highest BCUT2D eigenvalue weighted by atomic mass is 19.1. The van der Waals surface area contributed by atoms with E-state index in [2.05, 4.69) is 5.10 Å². The van der Waals surface area contributed by atoms with Gasteiger partial charge in [-0.05, 0) is 35.9 Å². The van der Waals surface area contributed by atoms with Crippen molar-refractivity contribution < 1.29 is 4.39 Å². The summed E-state index contributed by atoms with van der Waals surface area (Å²) in [7, 11) is 0. The van der Waals surface area contributed by atoms with Crippen molar-refractivity contribution in [3.05, 3.63) is 83.9 Å². The van der Waals surface area contributed by atoms with E-state index in [4.69, 9.17) is 5.73 Å². The molecule has 0 fully saturated rings. The monoisotopic (exact) mass is 267 g/mol. The fourth-order valence-electron chi connectivity index (χ4n) is 2.20. The molecule has 0 spiro atoms. The van der Waals surface area contributed by atoms with Gasteiger partial charge in [-0.15, -0.1) is 0 Å². The maximum Gasteiger partial charge on any atom is 0.123 e. The highest BCUT2D eigenvalue weighted by molar-refractivity contribution is 5.36. The number of halogens is 1. The summed E-state index contributed by atoms with van der Waals surface area (Å²) >= 11 is 0. The van der Waals surface area contributed by atoms with Gasteiger partial charge in [-0.2, -0.15) is 5.10 Å². The minimum absolute atomic E-state index is 0.288. The standard InChI is InChI=1S/C16H14FN3/c17-13-6-4-5-12(11-13)16(18)15-9-10-19-20(15)14-7-2-1-3-8-14/h1-11,16H,18H2. The topological polar surface area (TPSA) is 43.8 Å². The van der Waals surface area contributed by atoms with Crippen molar-refractivity contribution in [2.75, 3.05) is 0 Å². The summed E-state index contributed by atoms with van der Waals surface area (Å²) in [5, 5.41) is 4.30. The maximum atomic E-state index is 13.3. The van der Waals surface area contributed by atoms with E-state index in [1.807, 2.05) is 42.5 Å². The molecule has 0 aliphatic rings. The molecule has 0 amide bonds. The molecule has 1 unspecified atom stereocenters. The SMILES string of the molecule is NC(c1cccc(F)c1)c1ccnn1-c1ccccc1. The number of nitrogens with two attached hydrogens (primary N) is 1. The molecule has 1 heterocycles. The molecule has 100 valence electrons. The molecule has 0 radical (unpaired) electrons. The molecular formula is C16H14FN3. The molecule has 1 atom stereocenters. The van der Waals surface area contributed by atoms with Crippen LogP contribution in [0, 0.1) is 5.82 Å². The summed E-state index contributed by atoms with van der Waals surface area (Å²) in [4.78, 5) is 0. The predicted octanol–water partition coefficient (Wildman–Crippen LogP) is 3.06. The molecule has 0 aliphatic carbocycles. The minimum Gasteiger partial charge on any atom is -0.319 e. The van der Waals surface area contributed by atoms with Crippen LogP contribution in [-0.4, -0.2) is 9.78 Å². The van der Waals surface area contributed by atoms with Crippen molar-refractivity contribution in [3.8, 4) is 5.69 Å². The summed E-state index contributed by atoms with van der Waals surface area (Å²) in [6.45, 7) is 0. The van der Waals surface area contributed by atoms with E-state index in [0.29, 0.717) is 0 Å². The molecule has 3 rings (SSSR count). The zero-order chi connectivity index (χ0) is 13.9. The molecule has 0 aliphatic heterocycles. The van der Waals surface area contributed by atoms with Crippen molar-refractivity contribution in [1.82, 2.24) is 9.78 Å². The zero-order valence-electron chi connectivity index (χ0n) is 10.8. The first-order chi connectivity index (χ1) is 9.75. The Morgan fingerprint density at radius 3 is 2.55 bits per heavy atom. The van der Waals surface area contributed by atoms with Gasteiger partial charge in [0.2, 0.25) is 0 Å². The van der Waals surface area contributed by atoms with Crippen LogP contribution in [0.25, 0.3) is 5.69 Å². The Hall–Kier alpha value is -2.46. The lowest BCUT2D eigenvalue weighted by Crippen LogP contribution is -2.16. The molecule has 3 nitrogen and oxygen atoms in total. The lowest BCUT2D eigenvalue weighted by Gasteiger charge is -2.14. The number of rotatable bonds is 3. The van der Waals surface area contributed by atoms with Crippen molar-refractivity contribution in [2.45, 2.75) is 6.04 Å². The number of para-hydroxylation sites is 1. The Morgan fingerprint density at radius 2 is 1.80 bits per heavy atom. The average molecular weight is 267 g/mol. The Morgan fingerprint density at radius 1 is 1.00 bits per heavy atom. The second kappa shape index (κ2) is 5.27. The van der Waals surface area contributed by atoms with Gasteiger partial charge in [-0.1, -0.05) is 30.3 Å². The van der Waals surface area contributed by atoms with E-state index in [9.17, 15) is 4.39 Å². The Bertz CT molecular complexity index is 707. The summed E-state index contributed by atoms with van der Waals surface area (Å²) < 4.78 is 15.1. The summed E-state index contributed by atoms with van der Waals surface area (Å²) in [5.41, 5.74) is 8.72. The molecule has 2 N–H and O–H groups in total. The quantitative estimate of drug-likeness (QED) is 0.792. The van der Waals surface area contributed by atoms with Gasteiger partial charge in [0.15, 0.2) is 0 Å². The molecule has 4 heteroatoms. The van der Waals surface area contributed by atoms with Crippen molar-refractivity contribution in [3.63, 3.8) is 0 Å². The van der Waals surface area contributed by atoms with Crippen molar-refractivity contribution in [1.29, 1.82) is 0 Å². The molecule has 20 heavy (non-hydrogen) atoms. The van der Waals surface area contributed by atoms with Crippen molar-refractivity contribution in [2.24, 2.45) is 5.73 Å². The largest absolute Gasteiger partial charge is 0.319 e. The molecule has 0 bridgehead atoms. The lowest BCUT2D eigenvalue weighted by atomic mass is 10.0. The van der Waals surface area contributed by atoms with Crippen LogP contribution in [0.3, 0.4) is 0 Å². The lowest BCUT2D eigenvalue weighted by molar-refractivity contribution is 0.622. The first-order valence-electron chi connectivity index (χ1n) is 6.36. The van der Waals surface area contributed by atoms with E-state index in [0.717, 1.165) is 16.9 Å². The van der Waals surface area contributed by atoms with Gasteiger partial charge in [-0.3, -0.25) is 0 Å². The zero-order valence-corrected chi connectivity index (χ0v) is 10.8. The highest BCUT2D eigenvalue weighted by Gasteiger charge is 2.15. The number of aromatic nitrogens is 2. The average Bonchev–Trinajstić information content (AvgIpc) is 2.97. The predicted molar refractivity (Wildman–Crippen MR) is 76.0 cm³/mol. The second-order valence-corrected chi connectivity index (χ2v) is 4.54. The van der Waals surface area contributed by atoms with Gasteiger partial charge in [0.1, 0.15) is 5.82 Å². The normalized spacial score (nSPS) is 12.3. The highest BCUT2D eigenvalue weighted by Crippen LogP contribution is 2.22. The molecule has 0 saturated heterocycles. The van der Waals surface area contributed by atoms with Gasteiger partial charge in [0.25, 0.3) is 0 Å². The van der Waals surface area contributed by atoms with Crippen LogP contribution in [0.1, 0.15) is 17.3 Å². The third-order valence-corrected chi connectivity index (χ3v) is 3.20. The van der Waals surface area contributed by atoms with Crippen LogP contribution in [0.4, 0.5) is 4.39 Å². The van der Waals surface area contributed by atoms with E-state index >= 15 is 0 Å². The van der Waals surface area contributed by atoms with E-state index in [1.54, 1.807) is 16.9 Å². The Kier molecular flexibility index (Phi) is 3.31. The number of hydrogen-bond donors (Lipinski definition) is 1. The third kappa shape index (κ3) is 2.33. The van der Waals surface area contributed by atoms with E-state index in [1.165, 1.54) is 12.1 Å². The number of benzene rings is 2. The summed E-state index contributed by atoms with van der Waals surface area (Å²) in [5.74, 6) is -0.288. The summed E-state index contributed by atoms with van der Waals surface area (Å²) in [6, 6.07) is 17.5. The molecule has 3 aromatic rings. The van der Waals surface area contributed by atoms with Crippen LogP contribution in [-0.2, 0) is 0 Å². The molecular weight excluding hydrogens is 253 g/mol. The third-order valence-electron chi connectivity index (χ3n) is 3.20. The van der Waals surface area contributed by atoms with Gasteiger partial charge >= 0.3 is 0 Å². The number of hydrogen-bond acceptors (Lipinski definition) is 2. The first-order valence-corrected chi connectivity index (χ1v) is 6.36. The first kappa shape index (κ1) is 12.6. The minimum atomic E-state index is -0.423. The van der Waals surface area contributed by atoms with Gasteiger partial charge in [0.05, 0.1) is 17.4 Å². The second-order valence-electron chi connectivity index (χ2n) is 4.54. The van der Waals surface area contributed by atoms with Crippen LogP contribution in [0.15, 0.2) is 66.9 Å². The van der Waals surface area contributed by atoms with Crippen LogP contribution < -0.4 is 5.73 Å². The summed E-state index contributed by atoms with van der Waals surface area (Å²) in [6.07, 6.45) is 1.70. The van der Waals surface area contributed by atoms with Crippen molar-refractivity contribution >= 4 is 0 Å². The van der Waals surface area contributed by atoms with E-state index in [-0.39, 0.29) is 5.82 Å². The fraction of sp³-hybridized carbons (Fsp3) is 0.0625.